The van der Waals surface area contributed by atoms with Gasteiger partial charge >= 0.3 is 0 Å². The summed E-state index contributed by atoms with van der Waals surface area (Å²) < 4.78 is 1.96. The van der Waals surface area contributed by atoms with Crippen molar-refractivity contribution in [3.05, 3.63) is 48.3 Å². The van der Waals surface area contributed by atoms with Crippen LogP contribution in [0.15, 0.2) is 42.7 Å². The fourth-order valence-electron chi connectivity index (χ4n) is 3.01. The summed E-state index contributed by atoms with van der Waals surface area (Å²) in [7, 11) is 0. The Kier molecular flexibility index (Phi) is 2.98. The van der Waals surface area contributed by atoms with Gasteiger partial charge in [-0.2, -0.15) is 5.10 Å². The highest BCUT2D eigenvalue weighted by atomic mass is 15.3. The second-order valence-corrected chi connectivity index (χ2v) is 6.25. The number of benzene rings is 1. The van der Waals surface area contributed by atoms with E-state index in [1.807, 2.05) is 23.1 Å². The van der Waals surface area contributed by atoms with Crippen molar-refractivity contribution in [1.29, 1.82) is 0 Å². The first-order valence-corrected chi connectivity index (χ1v) is 7.71. The minimum absolute atomic E-state index is 0.729. The molecule has 2 aliphatic rings. The summed E-state index contributed by atoms with van der Waals surface area (Å²) in [5, 5.41) is 8.01. The molecule has 0 unspecified atom stereocenters. The van der Waals surface area contributed by atoms with Crippen molar-refractivity contribution in [3.63, 3.8) is 0 Å². The molecule has 20 heavy (non-hydrogen) atoms. The lowest BCUT2D eigenvalue weighted by molar-refractivity contribution is 0.568. The Bertz CT molecular complexity index is 538. The van der Waals surface area contributed by atoms with Crippen LogP contribution in [0.1, 0.15) is 31.2 Å². The zero-order valence-electron chi connectivity index (χ0n) is 11.7. The van der Waals surface area contributed by atoms with Gasteiger partial charge in [0.05, 0.1) is 6.54 Å². The van der Waals surface area contributed by atoms with E-state index in [1.165, 1.54) is 36.9 Å². The number of anilines is 1. The third-order valence-corrected chi connectivity index (χ3v) is 4.45. The maximum absolute atomic E-state index is 4.25. The first-order chi connectivity index (χ1) is 9.88. The van der Waals surface area contributed by atoms with Crippen LogP contribution in [0.3, 0.4) is 0 Å². The van der Waals surface area contributed by atoms with Gasteiger partial charge in [-0.3, -0.25) is 4.68 Å². The molecule has 2 saturated carbocycles. The lowest BCUT2D eigenvalue weighted by Crippen LogP contribution is -2.24. The molecular formula is C17H21N3. The summed E-state index contributed by atoms with van der Waals surface area (Å²) in [6.45, 7) is 0.849. The molecule has 3 nitrogen and oxygen atoms in total. The zero-order chi connectivity index (χ0) is 13.4. The summed E-state index contributed by atoms with van der Waals surface area (Å²) in [4.78, 5) is 0. The molecule has 0 spiro atoms. The van der Waals surface area contributed by atoms with Crippen LogP contribution in [0.4, 0.5) is 5.69 Å². The van der Waals surface area contributed by atoms with Crippen LogP contribution in [0.5, 0.6) is 0 Å². The standard InChI is InChI=1S/C17H21N3/c1-10-18-20(11-1)12-13-2-8-16(9-3-13)19-17(14-4-5-14)15-6-7-15/h1-3,8-11,14-15,17,19H,4-7,12H2. The smallest absolute Gasteiger partial charge is 0.0659 e. The van der Waals surface area contributed by atoms with Crippen LogP contribution < -0.4 is 5.32 Å². The highest BCUT2D eigenvalue weighted by Gasteiger charge is 2.41. The van der Waals surface area contributed by atoms with Gasteiger partial charge < -0.3 is 5.32 Å². The van der Waals surface area contributed by atoms with Gasteiger partial charge in [-0.25, -0.2) is 0 Å². The number of aromatic nitrogens is 2. The average Bonchev–Trinajstić information content (AvgIpc) is 3.39. The van der Waals surface area contributed by atoms with E-state index in [-0.39, 0.29) is 0 Å². The van der Waals surface area contributed by atoms with Gasteiger partial charge in [0.2, 0.25) is 0 Å². The third kappa shape index (κ3) is 2.72. The van der Waals surface area contributed by atoms with E-state index >= 15 is 0 Å². The molecule has 3 heteroatoms. The van der Waals surface area contributed by atoms with Crippen molar-refractivity contribution >= 4 is 5.69 Å². The zero-order valence-corrected chi connectivity index (χ0v) is 11.7. The molecule has 0 radical (unpaired) electrons. The minimum Gasteiger partial charge on any atom is -0.382 e. The fraction of sp³-hybridized carbons (Fsp3) is 0.471. The Morgan fingerprint density at radius 2 is 1.80 bits per heavy atom. The molecule has 0 saturated heterocycles. The van der Waals surface area contributed by atoms with Crippen LogP contribution >= 0.6 is 0 Å². The maximum Gasteiger partial charge on any atom is 0.0659 e. The van der Waals surface area contributed by atoms with E-state index in [0.29, 0.717) is 0 Å². The van der Waals surface area contributed by atoms with E-state index in [0.717, 1.165) is 24.4 Å². The van der Waals surface area contributed by atoms with Crippen molar-refractivity contribution in [2.24, 2.45) is 11.8 Å². The summed E-state index contributed by atoms with van der Waals surface area (Å²) in [5.41, 5.74) is 2.58. The molecule has 1 aromatic heterocycles. The van der Waals surface area contributed by atoms with E-state index in [2.05, 4.69) is 34.7 Å². The summed E-state index contributed by atoms with van der Waals surface area (Å²) in [6, 6.07) is 11.5. The number of nitrogens with one attached hydrogen (secondary N) is 1. The predicted molar refractivity (Wildman–Crippen MR) is 80.6 cm³/mol. The normalized spacial score (nSPS) is 18.4. The second kappa shape index (κ2) is 4.97. The first-order valence-electron chi connectivity index (χ1n) is 7.71. The van der Waals surface area contributed by atoms with Gasteiger partial charge in [0.25, 0.3) is 0 Å². The summed E-state index contributed by atoms with van der Waals surface area (Å²) in [5.74, 6) is 1.87. The Balaban J connectivity index is 1.41. The van der Waals surface area contributed by atoms with Crippen molar-refractivity contribution in [3.8, 4) is 0 Å². The van der Waals surface area contributed by atoms with Crippen molar-refractivity contribution in [2.45, 2.75) is 38.3 Å². The minimum atomic E-state index is 0.729. The Morgan fingerprint density at radius 3 is 2.35 bits per heavy atom. The van der Waals surface area contributed by atoms with Crippen LogP contribution in [0.25, 0.3) is 0 Å². The van der Waals surface area contributed by atoms with Gasteiger partial charge in [-0.15, -0.1) is 0 Å². The first kappa shape index (κ1) is 12.0. The molecule has 1 heterocycles. The molecule has 1 N–H and O–H groups in total. The molecule has 0 amide bonds. The van der Waals surface area contributed by atoms with Gasteiger partial charge in [-0.05, 0) is 61.3 Å². The Labute approximate surface area is 120 Å². The molecule has 104 valence electrons. The molecule has 1 aromatic carbocycles. The lowest BCUT2D eigenvalue weighted by Gasteiger charge is -2.19. The fourth-order valence-corrected chi connectivity index (χ4v) is 3.01. The van der Waals surface area contributed by atoms with Gasteiger partial charge in [0.15, 0.2) is 0 Å². The summed E-state index contributed by atoms with van der Waals surface area (Å²) in [6.07, 6.45) is 9.52. The molecule has 4 rings (SSSR count). The second-order valence-electron chi connectivity index (χ2n) is 6.25. The van der Waals surface area contributed by atoms with Crippen molar-refractivity contribution in [1.82, 2.24) is 9.78 Å². The molecule has 2 aliphatic carbocycles. The SMILES string of the molecule is c1cnn(Cc2ccc(NC(C3CC3)C3CC3)cc2)c1. The van der Waals surface area contributed by atoms with Gasteiger partial charge in [-0.1, -0.05) is 12.1 Å². The monoisotopic (exact) mass is 267 g/mol. The molecule has 2 aromatic rings. The molecule has 2 fully saturated rings. The quantitative estimate of drug-likeness (QED) is 0.867. The van der Waals surface area contributed by atoms with Gasteiger partial charge in [0, 0.05) is 24.1 Å². The highest BCUT2D eigenvalue weighted by Crippen LogP contribution is 2.45. The van der Waals surface area contributed by atoms with E-state index in [1.54, 1.807) is 0 Å². The Hall–Kier alpha value is -1.77. The van der Waals surface area contributed by atoms with Crippen LogP contribution in [0, 0.1) is 11.8 Å². The highest BCUT2D eigenvalue weighted by molar-refractivity contribution is 5.46. The maximum atomic E-state index is 4.25. The van der Waals surface area contributed by atoms with Crippen molar-refractivity contribution in [2.75, 3.05) is 5.32 Å². The molecule has 0 bridgehead atoms. The number of rotatable bonds is 6. The van der Waals surface area contributed by atoms with E-state index in [9.17, 15) is 0 Å². The average molecular weight is 267 g/mol. The van der Waals surface area contributed by atoms with Crippen LogP contribution in [-0.4, -0.2) is 15.8 Å². The number of nitrogens with zero attached hydrogens (tertiary/aromatic N) is 2. The topological polar surface area (TPSA) is 29.9 Å². The molecular weight excluding hydrogens is 246 g/mol. The van der Waals surface area contributed by atoms with Gasteiger partial charge in [0.1, 0.15) is 0 Å². The number of hydrogen-bond donors (Lipinski definition) is 1. The van der Waals surface area contributed by atoms with Crippen molar-refractivity contribution < 1.29 is 0 Å². The number of hydrogen-bond acceptors (Lipinski definition) is 2. The largest absolute Gasteiger partial charge is 0.382 e. The molecule has 0 atom stereocenters. The lowest BCUT2D eigenvalue weighted by atomic mass is 10.1. The summed E-state index contributed by atoms with van der Waals surface area (Å²) >= 11 is 0. The molecule has 0 aliphatic heterocycles. The third-order valence-electron chi connectivity index (χ3n) is 4.45. The van der Waals surface area contributed by atoms with Crippen LogP contribution in [0.2, 0.25) is 0 Å². The van der Waals surface area contributed by atoms with E-state index in [4.69, 9.17) is 0 Å². The van der Waals surface area contributed by atoms with E-state index < -0.39 is 0 Å². The predicted octanol–water partition coefficient (Wildman–Crippen LogP) is 3.53. The van der Waals surface area contributed by atoms with Crippen LogP contribution in [-0.2, 0) is 6.54 Å². The Morgan fingerprint density at radius 1 is 1.10 bits per heavy atom.